The van der Waals surface area contributed by atoms with Crippen LogP contribution in [0.15, 0.2) is 61.2 Å². The van der Waals surface area contributed by atoms with Crippen LogP contribution in [0.3, 0.4) is 0 Å². The molecule has 0 radical (unpaired) electrons. The zero-order valence-electron chi connectivity index (χ0n) is 13.2. The lowest BCUT2D eigenvalue weighted by Gasteiger charge is -2.30. The number of carbonyl (C=O) groups excluding carboxylic acids is 1. The van der Waals surface area contributed by atoms with E-state index in [-0.39, 0.29) is 12.1 Å². The standard InChI is InChI=1S/C20H19NO2/c1-3-12-20(19(22)21-13-18(21)23-2)16-10-6-4-8-14(16)15-9-5-7-11-17(15)20/h3-11,18H,1,12-13H2,2H3. The van der Waals surface area contributed by atoms with E-state index >= 15 is 0 Å². The number of amides is 1. The lowest BCUT2D eigenvalue weighted by molar-refractivity contribution is -0.132. The van der Waals surface area contributed by atoms with Gasteiger partial charge in [0.15, 0.2) is 0 Å². The van der Waals surface area contributed by atoms with E-state index < -0.39 is 5.41 Å². The SMILES string of the molecule is C=CCC1(C(=O)N2CC2OC)c2ccccc2-c2ccccc21. The zero-order chi connectivity index (χ0) is 16.0. The number of nitrogens with zero attached hydrogens (tertiary/aromatic N) is 1. The molecule has 1 amide bonds. The van der Waals surface area contributed by atoms with E-state index in [1.54, 1.807) is 7.11 Å². The van der Waals surface area contributed by atoms with Gasteiger partial charge in [-0.15, -0.1) is 6.58 Å². The van der Waals surface area contributed by atoms with Gasteiger partial charge in [0.25, 0.3) is 0 Å². The molecule has 116 valence electrons. The number of benzene rings is 2. The molecule has 2 aromatic rings. The van der Waals surface area contributed by atoms with Crippen molar-refractivity contribution in [2.75, 3.05) is 13.7 Å². The fraction of sp³-hybridized carbons (Fsp3) is 0.250. The summed E-state index contributed by atoms with van der Waals surface area (Å²) in [5.41, 5.74) is 3.77. The Morgan fingerprint density at radius 2 is 1.78 bits per heavy atom. The first-order chi connectivity index (χ1) is 11.2. The topological polar surface area (TPSA) is 29.3 Å². The summed E-state index contributed by atoms with van der Waals surface area (Å²) in [6.45, 7) is 4.58. The Morgan fingerprint density at radius 1 is 1.22 bits per heavy atom. The van der Waals surface area contributed by atoms with Crippen LogP contribution in [-0.2, 0) is 14.9 Å². The minimum absolute atomic E-state index is 0.0934. The Kier molecular flexibility index (Phi) is 3.13. The van der Waals surface area contributed by atoms with Gasteiger partial charge in [-0.2, -0.15) is 0 Å². The summed E-state index contributed by atoms with van der Waals surface area (Å²) < 4.78 is 5.33. The van der Waals surface area contributed by atoms with Gasteiger partial charge in [0.2, 0.25) is 5.91 Å². The smallest absolute Gasteiger partial charge is 0.240 e. The molecule has 1 atom stereocenters. The van der Waals surface area contributed by atoms with Crippen molar-refractivity contribution < 1.29 is 9.53 Å². The summed E-state index contributed by atoms with van der Waals surface area (Å²) in [6.07, 6.45) is 2.35. The monoisotopic (exact) mass is 305 g/mol. The van der Waals surface area contributed by atoms with Crippen LogP contribution in [0.2, 0.25) is 0 Å². The lowest BCUT2D eigenvalue weighted by atomic mass is 9.74. The molecule has 1 aliphatic carbocycles. The number of carbonyl (C=O) groups is 1. The maximum absolute atomic E-state index is 13.4. The van der Waals surface area contributed by atoms with E-state index in [1.807, 2.05) is 35.2 Å². The van der Waals surface area contributed by atoms with Crippen LogP contribution < -0.4 is 0 Å². The normalized spacial score (nSPS) is 19.9. The van der Waals surface area contributed by atoms with Gasteiger partial charge < -0.3 is 9.64 Å². The third-order valence-corrected chi connectivity index (χ3v) is 4.98. The highest BCUT2D eigenvalue weighted by Crippen LogP contribution is 2.52. The van der Waals surface area contributed by atoms with Crippen LogP contribution in [0.1, 0.15) is 17.5 Å². The van der Waals surface area contributed by atoms with Crippen LogP contribution in [0.5, 0.6) is 0 Å². The van der Waals surface area contributed by atoms with Gasteiger partial charge in [-0.3, -0.25) is 4.79 Å². The summed E-state index contributed by atoms with van der Waals surface area (Å²) >= 11 is 0. The molecule has 0 N–H and O–H groups in total. The third kappa shape index (κ3) is 1.83. The average Bonchev–Trinajstić information content (AvgIpc) is 3.34. The van der Waals surface area contributed by atoms with Crippen molar-refractivity contribution in [1.82, 2.24) is 4.90 Å². The summed E-state index contributed by atoms with van der Waals surface area (Å²) in [5, 5.41) is 0. The largest absolute Gasteiger partial charge is 0.360 e. The van der Waals surface area contributed by atoms with Crippen LogP contribution in [-0.4, -0.2) is 30.7 Å². The fourth-order valence-corrected chi connectivity index (χ4v) is 3.86. The highest BCUT2D eigenvalue weighted by atomic mass is 16.5. The molecule has 4 rings (SSSR count). The van der Waals surface area contributed by atoms with Crippen LogP contribution in [0, 0.1) is 0 Å². The molecule has 1 heterocycles. The molecular formula is C20H19NO2. The number of allylic oxidation sites excluding steroid dienone is 1. The van der Waals surface area contributed by atoms with Crippen molar-refractivity contribution >= 4 is 5.91 Å². The second-order valence-corrected chi connectivity index (χ2v) is 6.14. The van der Waals surface area contributed by atoms with Crippen molar-refractivity contribution in [1.29, 1.82) is 0 Å². The molecule has 0 bridgehead atoms. The van der Waals surface area contributed by atoms with Crippen LogP contribution in [0.25, 0.3) is 11.1 Å². The summed E-state index contributed by atoms with van der Waals surface area (Å²) in [5.74, 6) is 0.113. The van der Waals surface area contributed by atoms with Crippen LogP contribution in [0.4, 0.5) is 0 Å². The minimum atomic E-state index is -0.678. The van der Waals surface area contributed by atoms with Gasteiger partial charge in [-0.25, -0.2) is 0 Å². The Morgan fingerprint density at radius 3 is 2.26 bits per heavy atom. The molecule has 3 heteroatoms. The molecule has 2 aliphatic rings. The van der Waals surface area contributed by atoms with Gasteiger partial charge in [0.05, 0.1) is 6.54 Å². The Hall–Kier alpha value is -2.39. The molecule has 1 saturated heterocycles. The summed E-state index contributed by atoms with van der Waals surface area (Å²) in [4.78, 5) is 15.2. The molecule has 1 aliphatic heterocycles. The fourth-order valence-electron chi connectivity index (χ4n) is 3.86. The maximum Gasteiger partial charge on any atom is 0.240 e. The number of ether oxygens (including phenoxy) is 1. The second kappa shape index (κ2) is 5.07. The molecule has 0 saturated carbocycles. The van der Waals surface area contributed by atoms with E-state index in [4.69, 9.17) is 4.74 Å². The zero-order valence-corrected chi connectivity index (χ0v) is 13.2. The maximum atomic E-state index is 13.4. The van der Waals surface area contributed by atoms with Gasteiger partial charge in [-0.1, -0.05) is 54.6 Å². The van der Waals surface area contributed by atoms with Gasteiger partial charge in [0.1, 0.15) is 11.6 Å². The predicted molar refractivity (Wildman–Crippen MR) is 90.0 cm³/mol. The van der Waals surface area contributed by atoms with Crippen molar-refractivity contribution in [2.24, 2.45) is 0 Å². The number of hydrogen-bond acceptors (Lipinski definition) is 2. The quantitative estimate of drug-likeness (QED) is 0.640. The lowest BCUT2D eigenvalue weighted by Crippen LogP contribution is -2.40. The van der Waals surface area contributed by atoms with Crippen LogP contribution >= 0.6 is 0 Å². The molecule has 0 spiro atoms. The molecule has 0 aromatic heterocycles. The Labute approximate surface area is 136 Å². The molecule has 2 aromatic carbocycles. The number of hydrogen-bond donors (Lipinski definition) is 0. The number of methoxy groups -OCH3 is 1. The van der Waals surface area contributed by atoms with E-state index in [9.17, 15) is 4.79 Å². The molecule has 23 heavy (non-hydrogen) atoms. The molecule has 1 unspecified atom stereocenters. The number of rotatable bonds is 4. The van der Waals surface area contributed by atoms with Crippen molar-refractivity contribution in [3.05, 3.63) is 72.3 Å². The van der Waals surface area contributed by atoms with Gasteiger partial charge in [-0.05, 0) is 28.7 Å². The van der Waals surface area contributed by atoms with Crippen molar-refractivity contribution in [3.63, 3.8) is 0 Å². The Bertz CT molecular complexity index is 750. The van der Waals surface area contributed by atoms with E-state index in [2.05, 4.69) is 30.8 Å². The average molecular weight is 305 g/mol. The van der Waals surface area contributed by atoms with Gasteiger partial charge >= 0.3 is 0 Å². The third-order valence-electron chi connectivity index (χ3n) is 4.98. The van der Waals surface area contributed by atoms with Gasteiger partial charge in [0, 0.05) is 7.11 Å². The minimum Gasteiger partial charge on any atom is -0.360 e. The molecule has 3 nitrogen and oxygen atoms in total. The first-order valence-electron chi connectivity index (χ1n) is 7.88. The summed E-state index contributed by atoms with van der Waals surface area (Å²) in [7, 11) is 1.65. The van der Waals surface area contributed by atoms with E-state index in [0.29, 0.717) is 13.0 Å². The summed E-state index contributed by atoms with van der Waals surface area (Å²) in [6, 6.07) is 16.4. The first-order valence-corrected chi connectivity index (χ1v) is 7.88. The van der Waals surface area contributed by atoms with E-state index in [1.165, 1.54) is 0 Å². The molecular weight excluding hydrogens is 286 g/mol. The first kappa shape index (κ1) is 14.2. The van der Waals surface area contributed by atoms with E-state index in [0.717, 1.165) is 22.3 Å². The highest BCUT2D eigenvalue weighted by molar-refractivity contribution is 6.01. The van der Waals surface area contributed by atoms with Crippen molar-refractivity contribution in [3.8, 4) is 11.1 Å². The Balaban J connectivity index is 1.95. The number of fused-ring (bicyclic) bond motifs is 3. The van der Waals surface area contributed by atoms with Crippen molar-refractivity contribution in [2.45, 2.75) is 18.1 Å². The predicted octanol–water partition coefficient (Wildman–Crippen LogP) is 3.34. The second-order valence-electron chi connectivity index (χ2n) is 6.14. The highest BCUT2D eigenvalue weighted by Gasteiger charge is 2.54. The molecule has 1 fully saturated rings.